The topological polar surface area (TPSA) is 42.5 Å². The van der Waals surface area contributed by atoms with Gasteiger partial charge in [-0.3, -0.25) is 0 Å². The van der Waals surface area contributed by atoms with E-state index in [1.54, 1.807) is 7.11 Å². The Labute approximate surface area is 145 Å². The van der Waals surface area contributed by atoms with Crippen molar-refractivity contribution >= 4 is 5.69 Å². The number of unbranched alkanes of at least 4 members (excludes halogenated alkanes) is 1. The number of methoxy groups -OCH3 is 1. The third-order valence-corrected chi connectivity index (χ3v) is 3.75. The van der Waals surface area contributed by atoms with Gasteiger partial charge < -0.3 is 20.1 Å². The van der Waals surface area contributed by atoms with E-state index in [1.165, 1.54) is 5.56 Å². The number of benzene rings is 2. The zero-order valence-corrected chi connectivity index (χ0v) is 14.7. The van der Waals surface area contributed by atoms with E-state index < -0.39 is 0 Å². The van der Waals surface area contributed by atoms with E-state index in [9.17, 15) is 0 Å². The highest BCUT2D eigenvalue weighted by molar-refractivity contribution is 5.56. The molecule has 0 unspecified atom stereocenters. The number of hydrogen-bond acceptors (Lipinski definition) is 4. The summed E-state index contributed by atoms with van der Waals surface area (Å²) in [4.78, 5) is 0. The lowest BCUT2D eigenvalue weighted by molar-refractivity contribution is 0.310. The molecule has 0 fully saturated rings. The predicted octanol–water partition coefficient (Wildman–Crippen LogP) is 4.08. The van der Waals surface area contributed by atoms with Gasteiger partial charge in [0.05, 0.1) is 19.4 Å². The highest BCUT2D eigenvalue weighted by atomic mass is 16.5. The van der Waals surface area contributed by atoms with Crippen molar-refractivity contribution < 1.29 is 9.47 Å². The van der Waals surface area contributed by atoms with Gasteiger partial charge in [-0.15, -0.1) is 0 Å². The van der Waals surface area contributed by atoms with Crippen molar-refractivity contribution in [1.29, 1.82) is 0 Å². The Morgan fingerprint density at radius 2 is 1.75 bits per heavy atom. The van der Waals surface area contributed by atoms with Crippen LogP contribution in [0.4, 0.5) is 5.69 Å². The zero-order chi connectivity index (χ0) is 17.0. The summed E-state index contributed by atoms with van der Waals surface area (Å²) in [5.41, 5.74) is 2.30. The van der Waals surface area contributed by atoms with E-state index in [0.717, 1.165) is 56.3 Å². The van der Waals surface area contributed by atoms with Crippen LogP contribution in [0.5, 0.6) is 11.5 Å². The maximum absolute atomic E-state index is 5.83. The Balaban J connectivity index is 1.70. The van der Waals surface area contributed by atoms with E-state index in [2.05, 4.69) is 35.8 Å². The van der Waals surface area contributed by atoms with Crippen LogP contribution < -0.4 is 20.1 Å². The molecule has 2 N–H and O–H groups in total. The molecule has 0 spiro atoms. The first-order chi connectivity index (χ1) is 11.8. The average Bonchev–Trinajstić information content (AvgIpc) is 2.63. The molecular formula is C20H28N2O2. The SMILES string of the molecule is CCCCOc1ccccc1NCCNCc1ccc(OC)cc1. The molecule has 0 saturated carbocycles. The van der Waals surface area contributed by atoms with Crippen LogP contribution in [0.15, 0.2) is 48.5 Å². The smallest absolute Gasteiger partial charge is 0.142 e. The Morgan fingerprint density at radius 3 is 2.50 bits per heavy atom. The first kappa shape index (κ1) is 18.1. The minimum atomic E-state index is 0.769. The number of hydrogen-bond donors (Lipinski definition) is 2. The maximum Gasteiger partial charge on any atom is 0.142 e. The molecule has 0 atom stereocenters. The zero-order valence-electron chi connectivity index (χ0n) is 14.7. The van der Waals surface area contributed by atoms with Crippen molar-refractivity contribution in [2.24, 2.45) is 0 Å². The monoisotopic (exact) mass is 328 g/mol. The van der Waals surface area contributed by atoms with E-state index >= 15 is 0 Å². The molecule has 2 aromatic rings. The lowest BCUT2D eigenvalue weighted by Gasteiger charge is -2.13. The number of ether oxygens (including phenoxy) is 2. The van der Waals surface area contributed by atoms with Crippen molar-refractivity contribution in [1.82, 2.24) is 5.32 Å². The van der Waals surface area contributed by atoms with Gasteiger partial charge in [0, 0.05) is 19.6 Å². The summed E-state index contributed by atoms with van der Waals surface area (Å²) in [7, 11) is 1.68. The molecule has 0 aromatic heterocycles. The van der Waals surface area contributed by atoms with E-state index in [1.807, 2.05) is 30.3 Å². The molecule has 0 radical (unpaired) electrons. The maximum atomic E-state index is 5.83. The van der Waals surface area contributed by atoms with Gasteiger partial charge in [-0.05, 0) is 36.2 Å². The predicted molar refractivity (Wildman–Crippen MR) is 100 cm³/mol. The molecule has 2 aromatic carbocycles. The summed E-state index contributed by atoms with van der Waals surface area (Å²) >= 11 is 0. The van der Waals surface area contributed by atoms with Crippen LogP contribution >= 0.6 is 0 Å². The van der Waals surface area contributed by atoms with Crippen molar-refractivity contribution in [3.8, 4) is 11.5 Å². The largest absolute Gasteiger partial charge is 0.497 e. The van der Waals surface area contributed by atoms with Gasteiger partial charge in [0.15, 0.2) is 0 Å². The Bertz CT molecular complexity index is 584. The summed E-state index contributed by atoms with van der Waals surface area (Å²) in [6.07, 6.45) is 2.22. The Morgan fingerprint density at radius 1 is 0.958 bits per heavy atom. The van der Waals surface area contributed by atoms with E-state index in [-0.39, 0.29) is 0 Å². The van der Waals surface area contributed by atoms with Crippen LogP contribution in [0, 0.1) is 0 Å². The minimum Gasteiger partial charge on any atom is -0.497 e. The molecule has 0 amide bonds. The summed E-state index contributed by atoms with van der Waals surface area (Å²) in [5.74, 6) is 1.82. The van der Waals surface area contributed by atoms with Gasteiger partial charge in [0.2, 0.25) is 0 Å². The molecule has 0 saturated heterocycles. The summed E-state index contributed by atoms with van der Waals surface area (Å²) in [6, 6.07) is 16.2. The minimum absolute atomic E-state index is 0.769. The number of rotatable bonds is 11. The Hall–Kier alpha value is -2.20. The fraction of sp³-hybridized carbons (Fsp3) is 0.400. The second-order valence-corrected chi connectivity index (χ2v) is 5.65. The summed E-state index contributed by atoms with van der Waals surface area (Å²) in [5, 5.41) is 6.87. The molecule has 130 valence electrons. The van der Waals surface area contributed by atoms with Crippen LogP contribution in [0.25, 0.3) is 0 Å². The summed E-state index contributed by atoms with van der Waals surface area (Å²) < 4.78 is 11.0. The number of anilines is 1. The van der Waals surface area contributed by atoms with E-state index in [0.29, 0.717) is 0 Å². The molecule has 0 aliphatic heterocycles. The van der Waals surface area contributed by atoms with Crippen molar-refractivity contribution in [2.45, 2.75) is 26.3 Å². The molecule has 0 aliphatic carbocycles. The van der Waals surface area contributed by atoms with Crippen molar-refractivity contribution in [3.63, 3.8) is 0 Å². The quantitative estimate of drug-likeness (QED) is 0.610. The second kappa shape index (κ2) is 10.6. The lowest BCUT2D eigenvalue weighted by atomic mass is 10.2. The lowest BCUT2D eigenvalue weighted by Crippen LogP contribution is -2.22. The molecule has 24 heavy (non-hydrogen) atoms. The van der Waals surface area contributed by atoms with Gasteiger partial charge in [-0.25, -0.2) is 0 Å². The van der Waals surface area contributed by atoms with Gasteiger partial charge in [-0.1, -0.05) is 37.6 Å². The first-order valence-electron chi connectivity index (χ1n) is 8.63. The average molecular weight is 328 g/mol. The normalized spacial score (nSPS) is 10.4. The van der Waals surface area contributed by atoms with Crippen molar-refractivity contribution in [3.05, 3.63) is 54.1 Å². The first-order valence-corrected chi connectivity index (χ1v) is 8.63. The standard InChI is InChI=1S/C20H28N2O2/c1-3-4-15-24-20-8-6-5-7-19(20)22-14-13-21-16-17-9-11-18(23-2)12-10-17/h5-12,21-22H,3-4,13-16H2,1-2H3. The van der Waals surface area contributed by atoms with Gasteiger partial charge in [-0.2, -0.15) is 0 Å². The van der Waals surface area contributed by atoms with Crippen molar-refractivity contribution in [2.75, 3.05) is 32.1 Å². The van der Waals surface area contributed by atoms with Crippen LogP contribution in [0.2, 0.25) is 0 Å². The molecule has 2 rings (SSSR count). The molecule has 4 nitrogen and oxygen atoms in total. The van der Waals surface area contributed by atoms with Crippen LogP contribution in [0.1, 0.15) is 25.3 Å². The van der Waals surface area contributed by atoms with E-state index in [4.69, 9.17) is 9.47 Å². The molecule has 0 bridgehead atoms. The third-order valence-electron chi connectivity index (χ3n) is 3.75. The van der Waals surface area contributed by atoms with Gasteiger partial charge in [0.25, 0.3) is 0 Å². The second-order valence-electron chi connectivity index (χ2n) is 5.65. The van der Waals surface area contributed by atoms with Gasteiger partial charge >= 0.3 is 0 Å². The fourth-order valence-electron chi connectivity index (χ4n) is 2.33. The van der Waals surface area contributed by atoms with Crippen LogP contribution in [0.3, 0.4) is 0 Å². The summed E-state index contributed by atoms with van der Waals surface area (Å²) in [6.45, 7) is 5.52. The molecular weight excluding hydrogens is 300 g/mol. The fourth-order valence-corrected chi connectivity index (χ4v) is 2.33. The highest BCUT2D eigenvalue weighted by Gasteiger charge is 2.01. The van der Waals surface area contributed by atoms with Crippen LogP contribution in [-0.2, 0) is 6.54 Å². The number of nitrogens with one attached hydrogen (secondary N) is 2. The number of para-hydroxylation sites is 2. The third kappa shape index (κ3) is 6.13. The molecule has 0 heterocycles. The molecule has 0 aliphatic rings. The Kier molecular flexibility index (Phi) is 7.98. The highest BCUT2D eigenvalue weighted by Crippen LogP contribution is 2.23. The van der Waals surface area contributed by atoms with Crippen LogP contribution in [-0.4, -0.2) is 26.8 Å². The molecule has 4 heteroatoms. The van der Waals surface area contributed by atoms with Gasteiger partial charge in [0.1, 0.15) is 11.5 Å².